The summed E-state index contributed by atoms with van der Waals surface area (Å²) < 4.78 is 5.08. The molecule has 0 aromatic heterocycles. The lowest BCUT2D eigenvalue weighted by atomic mass is 9.72. The number of fused-ring (bicyclic) bond motifs is 2. The summed E-state index contributed by atoms with van der Waals surface area (Å²) in [6.45, 7) is 5.97. The maximum Gasteiger partial charge on any atom is 0.338 e. The number of hydrogen-bond donors (Lipinski definition) is 1. The number of esters is 1. The van der Waals surface area contributed by atoms with Crippen LogP contribution < -0.4 is 5.32 Å². The topological polar surface area (TPSA) is 58.6 Å². The van der Waals surface area contributed by atoms with Gasteiger partial charge in [0.15, 0.2) is 0 Å². The van der Waals surface area contributed by atoms with Gasteiger partial charge in [0, 0.05) is 24.1 Å². The minimum Gasteiger partial charge on any atom is -0.465 e. The summed E-state index contributed by atoms with van der Waals surface area (Å²) in [6.07, 6.45) is 10.0. The first kappa shape index (κ1) is 20.1. The third kappa shape index (κ3) is 3.31. The number of nitrogens with one attached hydrogen (secondary N) is 1. The van der Waals surface area contributed by atoms with E-state index < -0.39 is 0 Å². The van der Waals surface area contributed by atoms with Gasteiger partial charge in [0.1, 0.15) is 5.82 Å². The fraction of sp³-hybridized carbons (Fsp3) is 0.462. The molecule has 1 saturated heterocycles. The summed E-state index contributed by atoms with van der Waals surface area (Å²) >= 11 is 0. The van der Waals surface area contributed by atoms with Gasteiger partial charge in [0.25, 0.3) is 5.91 Å². The standard InChI is InChI=1S/C26H30N2O3/c1-17-16-22(27-24(29)20-8-4-3-7-19(17)20)28-14-12-26(13-15-28)11-10-18-6-5-9-21(23(18)26)25(30)31-2/h5-6,9,16H,1,3-4,7-8,10-15H2,2H3,(H,27,29). The Labute approximate surface area is 183 Å². The lowest BCUT2D eigenvalue weighted by Gasteiger charge is -2.42. The van der Waals surface area contributed by atoms with Gasteiger partial charge < -0.3 is 15.0 Å². The molecule has 5 nitrogen and oxygen atoms in total. The van der Waals surface area contributed by atoms with E-state index in [0.717, 1.165) is 92.6 Å². The lowest BCUT2D eigenvalue weighted by Crippen LogP contribution is -2.45. The van der Waals surface area contributed by atoms with Crippen molar-refractivity contribution < 1.29 is 14.3 Å². The fourth-order valence-electron chi connectivity index (χ4n) is 6.05. The largest absolute Gasteiger partial charge is 0.465 e. The second kappa shape index (κ2) is 7.70. The third-order valence-corrected chi connectivity index (χ3v) is 7.70. The van der Waals surface area contributed by atoms with Crippen LogP contribution in [0.25, 0.3) is 0 Å². The molecule has 5 rings (SSSR count). The molecule has 1 spiro atoms. The highest BCUT2D eigenvalue weighted by Crippen LogP contribution is 2.48. The van der Waals surface area contributed by atoms with Gasteiger partial charge in [-0.05, 0) is 85.8 Å². The molecule has 0 atom stereocenters. The van der Waals surface area contributed by atoms with Gasteiger partial charge in [0.05, 0.1) is 12.7 Å². The molecule has 2 aliphatic carbocycles. The average Bonchev–Trinajstić information content (AvgIpc) is 3.10. The zero-order valence-corrected chi connectivity index (χ0v) is 18.3. The highest BCUT2D eigenvalue weighted by atomic mass is 16.5. The van der Waals surface area contributed by atoms with Crippen molar-refractivity contribution in [2.45, 2.75) is 56.8 Å². The number of aryl methyl sites for hydroxylation is 1. The van der Waals surface area contributed by atoms with E-state index in [4.69, 9.17) is 4.74 Å². The summed E-state index contributed by atoms with van der Waals surface area (Å²) in [6, 6.07) is 6.01. The van der Waals surface area contributed by atoms with Crippen LogP contribution in [0, 0.1) is 0 Å². The van der Waals surface area contributed by atoms with E-state index in [0.29, 0.717) is 0 Å². The third-order valence-electron chi connectivity index (χ3n) is 7.70. The second-order valence-electron chi connectivity index (χ2n) is 9.27. The Hall–Kier alpha value is -2.82. The Kier molecular flexibility index (Phi) is 4.99. The zero-order chi connectivity index (χ0) is 21.6. The number of carbonyl (C=O) groups is 2. The molecule has 2 aliphatic heterocycles. The van der Waals surface area contributed by atoms with Crippen LogP contribution in [-0.4, -0.2) is 37.0 Å². The summed E-state index contributed by atoms with van der Waals surface area (Å²) in [5.74, 6) is 0.671. The molecule has 1 aromatic rings. The Morgan fingerprint density at radius 2 is 1.84 bits per heavy atom. The smallest absolute Gasteiger partial charge is 0.338 e. The van der Waals surface area contributed by atoms with Gasteiger partial charge in [-0.1, -0.05) is 18.7 Å². The number of carbonyl (C=O) groups excluding carboxylic acids is 2. The van der Waals surface area contributed by atoms with E-state index in [1.165, 1.54) is 18.2 Å². The van der Waals surface area contributed by atoms with Crippen molar-refractivity contribution in [3.05, 3.63) is 70.1 Å². The van der Waals surface area contributed by atoms with E-state index >= 15 is 0 Å². The number of amides is 1. The van der Waals surface area contributed by atoms with Crippen LogP contribution in [0.3, 0.4) is 0 Å². The van der Waals surface area contributed by atoms with Gasteiger partial charge in [0.2, 0.25) is 0 Å². The van der Waals surface area contributed by atoms with Crippen LogP contribution in [0.1, 0.15) is 66.4 Å². The molecule has 162 valence electrons. The number of nitrogens with zero attached hydrogens (tertiary/aromatic N) is 1. The summed E-state index contributed by atoms with van der Waals surface area (Å²) in [4.78, 5) is 27.6. The average molecular weight is 419 g/mol. The number of methoxy groups -OCH3 is 1. The molecule has 1 N–H and O–H groups in total. The van der Waals surface area contributed by atoms with Gasteiger partial charge in [-0.15, -0.1) is 0 Å². The predicted octanol–water partition coefficient (Wildman–Crippen LogP) is 4.15. The zero-order valence-electron chi connectivity index (χ0n) is 18.3. The molecular weight excluding hydrogens is 388 g/mol. The highest BCUT2D eigenvalue weighted by Gasteiger charge is 2.44. The van der Waals surface area contributed by atoms with Crippen LogP contribution in [0.4, 0.5) is 0 Å². The first-order valence-corrected chi connectivity index (χ1v) is 11.4. The monoisotopic (exact) mass is 418 g/mol. The van der Waals surface area contributed by atoms with Crippen molar-refractivity contribution in [2.75, 3.05) is 20.2 Å². The number of hydrogen-bond acceptors (Lipinski definition) is 4. The van der Waals surface area contributed by atoms with Gasteiger partial charge >= 0.3 is 5.97 Å². The molecule has 2 heterocycles. The second-order valence-corrected chi connectivity index (χ2v) is 9.27. The number of allylic oxidation sites excluding steroid dienone is 3. The molecule has 0 radical (unpaired) electrons. The summed E-state index contributed by atoms with van der Waals surface area (Å²) in [7, 11) is 1.45. The molecule has 31 heavy (non-hydrogen) atoms. The van der Waals surface area contributed by atoms with Crippen molar-refractivity contribution in [1.29, 1.82) is 0 Å². The molecule has 0 unspecified atom stereocenters. The highest BCUT2D eigenvalue weighted by molar-refractivity contribution is 5.97. The van der Waals surface area contributed by atoms with Crippen molar-refractivity contribution in [3.63, 3.8) is 0 Å². The van der Waals surface area contributed by atoms with Crippen molar-refractivity contribution in [1.82, 2.24) is 10.2 Å². The Morgan fingerprint density at radius 3 is 2.58 bits per heavy atom. The number of benzene rings is 1. The first-order valence-electron chi connectivity index (χ1n) is 11.4. The van der Waals surface area contributed by atoms with E-state index in [1.54, 1.807) is 0 Å². The summed E-state index contributed by atoms with van der Waals surface area (Å²) in [5, 5.41) is 3.17. The minimum atomic E-state index is -0.243. The van der Waals surface area contributed by atoms with Gasteiger partial charge in [-0.3, -0.25) is 4.79 Å². The van der Waals surface area contributed by atoms with Crippen LogP contribution in [0.5, 0.6) is 0 Å². The quantitative estimate of drug-likeness (QED) is 0.733. The van der Waals surface area contributed by atoms with Gasteiger partial charge in [-0.25, -0.2) is 4.79 Å². The number of ether oxygens (including phenoxy) is 1. The Morgan fingerprint density at radius 1 is 1.10 bits per heavy atom. The molecule has 1 fully saturated rings. The normalized spacial score (nSPS) is 22.5. The molecule has 1 amide bonds. The minimum absolute atomic E-state index is 0.0143. The number of rotatable bonds is 2. The van der Waals surface area contributed by atoms with Crippen LogP contribution in [0.15, 0.2) is 53.4 Å². The Balaban J connectivity index is 1.38. The van der Waals surface area contributed by atoms with E-state index in [-0.39, 0.29) is 17.3 Å². The molecule has 0 saturated carbocycles. The molecule has 0 bridgehead atoms. The predicted molar refractivity (Wildman–Crippen MR) is 119 cm³/mol. The molecule has 1 aromatic carbocycles. The fourth-order valence-corrected chi connectivity index (χ4v) is 6.05. The van der Waals surface area contributed by atoms with Crippen molar-refractivity contribution in [2.24, 2.45) is 0 Å². The van der Waals surface area contributed by atoms with E-state index in [2.05, 4.69) is 28.9 Å². The van der Waals surface area contributed by atoms with Crippen LogP contribution in [-0.2, 0) is 21.4 Å². The number of piperidine rings is 1. The Bertz CT molecular complexity index is 1030. The SMILES string of the molecule is C=C1C=C(N2CCC3(CCc4cccc(C(=O)OC)c43)CC2)NC(=O)C2=C1CCCC2. The van der Waals surface area contributed by atoms with E-state index in [1.807, 2.05) is 12.1 Å². The lowest BCUT2D eigenvalue weighted by molar-refractivity contribution is -0.117. The van der Waals surface area contributed by atoms with E-state index in [9.17, 15) is 9.59 Å². The van der Waals surface area contributed by atoms with Crippen molar-refractivity contribution >= 4 is 11.9 Å². The number of likely N-dealkylation sites (tertiary alicyclic amines) is 1. The van der Waals surface area contributed by atoms with Crippen LogP contribution in [0.2, 0.25) is 0 Å². The maximum absolute atomic E-state index is 12.9. The van der Waals surface area contributed by atoms with Gasteiger partial charge in [-0.2, -0.15) is 0 Å². The summed E-state index contributed by atoms with van der Waals surface area (Å²) in [5.41, 5.74) is 6.25. The molecular formula is C26H30N2O3. The molecule has 5 heteroatoms. The first-order chi connectivity index (χ1) is 15.0. The molecule has 4 aliphatic rings. The van der Waals surface area contributed by atoms with Crippen LogP contribution >= 0.6 is 0 Å². The van der Waals surface area contributed by atoms with Crippen molar-refractivity contribution in [3.8, 4) is 0 Å². The maximum atomic E-state index is 12.9.